The van der Waals surface area contributed by atoms with E-state index in [4.69, 9.17) is 11.6 Å². The van der Waals surface area contributed by atoms with E-state index in [1.54, 1.807) is 6.20 Å². The Kier molecular flexibility index (Phi) is 5.01. The Morgan fingerprint density at radius 2 is 2.25 bits per heavy atom. The van der Waals surface area contributed by atoms with Gasteiger partial charge in [-0.05, 0) is 30.5 Å². The standard InChI is InChI=1S/C15H20ClN3O/c1-11(2)5-7-17-15(20)6-8-19-14-4-3-13(16)9-12(14)10-18-19/h3-4,9-11H,5-8H2,1-2H3,(H,17,20). The van der Waals surface area contributed by atoms with Crippen molar-refractivity contribution in [2.75, 3.05) is 6.54 Å². The van der Waals surface area contributed by atoms with Gasteiger partial charge in [0, 0.05) is 23.4 Å². The Bertz CT molecular complexity index is 592. The maximum absolute atomic E-state index is 11.7. The fraction of sp³-hybridized carbons (Fsp3) is 0.467. The Morgan fingerprint density at radius 3 is 3.00 bits per heavy atom. The lowest BCUT2D eigenvalue weighted by atomic mass is 10.1. The molecule has 0 aliphatic rings. The SMILES string of the molecule is CC(C)CCNC(=O)CCn1ncc2cc(Cl)ccc21. The molecule has 0 radical (unpaired) electrons. The lowest BCUT2D eigenvalue weighted by Gasteiger charge is -2.07. The minimum Gasteiger partial charge on any atom is -0.356 e. The highest BCUT2D eigenvalue weighted by Crippen LogP contribution is 2.19. The quantitative estimate of drug-likeness (QED) is 0.889. The van der Waals surface area contributed by atoms with E-state index in [-0.39, 0.29) is 5.91 Å². The zero-order valence-corrected chi connectivity index (χ0v) is 12.7. The van der Waals surface area contributed by atoms with Crippen LogP contribution in [0, 0.1) is 5.92 Å². The maximum Gasteiger partial charge on any atom is 0.221 e. The minimum absolute atomic E-state index is 0.0725. The van der Waals surface area contributed by atoms with Crippen molar-refractivity contribution >= 4 is 28.4 Å². The number of aryl methyl sites for hydroxylation is 1. The molecular weight excluding hydrogens is 274 g/mol. The van der Waals surface area contributed by atoms with E-state index in [9.17, 15) is 4.79 Å². The molecule has 0 spiro atoms. The van der Waals surface area contributed by atoms with Gasteiger partial charge in [-0.25, -0.2) is 0 Å². The van der Waals surface area contributed by atoms with Crippen LogP contribution in [0.1, 0.15) is 26.7 Å². The molecule has 0 atom stereocenters. The van der Waals surface area contributed by atoms with E-state index in [1.807, 2.05) is 22.9 Å². The summed E-state index contributed by atoms with van der Waals surface area (Å²) in [5, 5.41) is 8.92. The first-order valence-electron chi connectivity index (χ1n) is 6.94. The molecule has 4 nitrogen and oxygen atoms in total. The van der Waals surface area contributed by atoms with Crippen molar-refractivity contribution in [3.63, 3.8) is 0 Å². The van der Waals surface area contributed by atoms with Crippen LogP contribution in [0.3, 0.4) is 0 Å². The average Bonchev–Trinajstić information content (AvgIpc) is 2.78. The normalized spacial score (nSPS) is 11.2. The zero-order chi connectivity index (χ0) is 14.5. The Balaban J connectivity index is 1.88. The highest BCUT2D eigenvalue weighted by Gasteiger charge is 2.06. The van der Waals surface area contributed by atoms with Crippen LogP contribution in [0.15, 0.2) is 24.4 Å². The van der Waals surface area contributed by atoms with Gasteiger partial charge in [-0.3, -0.25) is 9.48 Å². The molecule has 1 aromatic carbocycles. The van der Waals surface area contributed by atoms with Gasteiger partial charge >= 0.3 is 0 Å². The molecule has 0 saturated carbocycles. The van der Waals surface area contributed by atoms with Crippen LogP contribution in [-0.2, 0) is 11.3 Å². The molecule has 1 N–H and O–H groups in total. The third-order valence-electron chi connectivity index (χ3n) is 3.20. The Labute approximate surface area is 124 Å². The summed E-state index contributed by atoms with van der Waals surface area (Å²) in [6.07, 6.45) is 3.23. The Hall–Kier alpha value is -1.55. The highest BCUT2D eigenvalue weighted by molar-refractivity contribution is 6.31. The summed E-state index contributed by atoms with van der Waals surface area (Å²) in [5.41, 5.74) is 1.00. The number of nitrogens with one attached hydrogen (secondary N) is 1. The summed E-state index contributed by atoms with van der Waals surface area (Å²) in [6, 6.07) is 5.65. The van der Waals surface area contributed by atoms with Crippen molar-refractivity contribution in [1.82, 2.24) is 15.1 Å². The number of rotatable bonds is 6. The molecule has 5 heteroatoms. The summed E-state index contributed by atoms with van der Waals surface area (Å²) in [5.74, 6) is 0.679. The van der Waals surface area contributed by atoms with E-state index in [0.717, 1.165) is 23.9 Å². The van der Waals surface area contributed by atoms with Gasteiger partial charge in [0.25, 0.3) is 0 Å². The van der Waals surface area contributed by atoms with Gasteiger partial charge in [0.1, 0.15) is 0 Å². The third-order valence-corrected chi connectivity index (χ3v) is 3.43. The number of halogens is 1. The van der Waals surface area contributed by atoms with Crippen LogP contribution in [0.5, 0.6) is 0 Å². The second-order valence-electron chi connectivity index (χ2n) is 5.35. The number of hydrogen-bond acceptors (Lipinski definition) is 2. The van der Waals surface area contributed by atoms with E-state index in [0.29, 0.717) is 23.9 Å². The lowest BCUT2D eigenvalue weighted by Crippen LogP contribution is -2.26. The number of fused-ring (bicyclic) bond motifs is 1. The summed E-state index contributed by atoms with van der Waals surface area (Å²) in [6.45, 7) is 5.62. The van der Waals surface area contributed by atoms with Crippen LogP contribution in [-0.4, -0.2) is 22.2 Å². The smallest absolute Gasteiger partial charge is 0.221 e. The second kappa shape index (κ2) is 6.75. The molecular formula is C15H20ClN3O. The lowest BCUT2D eigenvalue weighted by molar-refractivity contribution is -0.121. The predicted octanol–water partition coefficient (Wildman–Crippen LogP) is 3.24. The summed E-state index contributed by atoms with van der Waals surface area (Å²) in [7, 11) is 0. The first kappa shape index (κ1) is 14.9. The van der Waals surface area contributed by atoms with Crippen molar-refractivity contribution in [2.24, 2.45) is 5.92 Å². The average molecular weight is 294 g/mol. The van der Waals surface area contributed by atoms with Gasteiger partial charge in [-0.2, -0.15) is 5.10 Å². The van der Waals surface area contributed by atoms with Crippen molar-refractivity contribution in [3.8, 4) is 0 Å². The zero-order valence-electron chi connectivity index (χ0n) is 11.9. The monoisotopic (exact) mass is 293 g/mol. The van der Waals surface area contributed by atoms with Crippen molar-refractivity contribution in [3.05, 3.63) is 29.4 Å². The number of nitrogens with zero attached hydrogens (tertiary/aromatic N) is 2. The highest BCUT2D eigenvalue weighted by atomic mass is 35.5. The van der Waals surface area contributed by atoms with Crippen LogP contribution < -0.4 is 5.32 Å². The molecule has 1 aromatic heterocycles. The summed E-state index contributed by atoms with van der Waals surface area (Å²) >= 11 is 5.94. The van der Waals surface area contributed by atoms with E-state index >= 15 is 0 Å². The summed E-state index contributed by atoms with van der Waals surface area (Å²) in [4.78, 5) is 11.7. The number of hydrogen-bond donors (Lipinski definition) is 1. The molecule has 0 saturated heterocycles. The van der Waals surface area contributed by atoms with E-state index < -0.39 is 0 Å². The number of carbonyl (C=O) groups excluding carboxylic acids is 1. The van der Waals surface area contributed by atoms with Gasteiger partial charge in [0.2, 0.25) is 5.91 Å². The second-order valence-corrected chi connectivity index (χ2v) is 5.79. The van der Waals surface area contributed by atoms with Gasteiger partial charge in [-0.15, -0.1) is 0 Å². The van der Waals surface area contributed by atoms with Gasteiger partial charge in [-0.1, -0.05) is 25.4 Å². The van der Waals surface area contributed by atoms with E-state index in [2.05, 4.69) is 24.3 Å². The molecule has 108 valence electrons. The fourth-order valence-electron chi connectivity index (χ4n) is 2.03. The van der Waals surface area contributed by atoms with Gasteiger partial charge in [0.15, 0.2) is 0 Å². The van der Waals surface area contributed by atoms with Crippen molar-refractivity contribution < 1.29 is 4.79 Å². The van der Waals surface area contributed by atoms with Crippen molar-refractivity contribution in [1.29, 1.82) is 0 Å². The number of aromatic nitrogens is 2. The van der Waals surface area contributed by atoms with Crippen molar-refractivity contribution in [2.45, 2.75) is 33.2 Å². The topological polar surface area (TPSA) is 46.9 Å². The minimum atomic E-state index is 0.0725. The third kappa shape index (κ3) is 3.97. The number of carbonyl (C=O) groups is 1. The maximum atomic E-state index is 11.7. The molecule has 1 heterocycles. The molecule has 20 heavy (non-hydrogen) atoms. The molecule has 0 unspecified atom stereocenters. The molecule has 0 aliphatic heterocycles. The van der Waals surface area contributed by atoms with E-state index in [1.165, 1.54) is 0 Å². The summed E-state index contributed by atoms with van der Waals surface area (Å²) < 4.78 is 1.84. The fourth-order valence-corrected chi connectivity index (χ4v) is 2.21. The number of benzene rings is 1. The number of amides is 1. The van der Waals surface area contributed by atoms with Crippen LogP contribution in [0.25, 0.3) is 10.9 Å². The molecule has 0 bridgehead atoms. The molecule has 1 amide bonds. The van der Waals surface area contributed by atoms with Crippen LogP contribution in [0.4, 0.5) is 0 Å². The molecule has 0 fully saturated rings. The molecule has 2 aromatic rings. The van der Waals surface area contributed by atoms with Crippen LogP contribution in [0.2, 0.25) is 5.02 Å². The first-order valence-corrected chi connectivity index (χ1v) is 7.32. The van der Waals surface area contributed by atoms with Gasteiger partial charge < -0.3 is 5.32 Å². The molecule has 2 rings (SSSR count). The van der Waals surface area contributed by atoms with Gasteiger partial charge in [0.05, 0.1) is 18.3 Å². The predicted molar refractivity (Wildman–Crippen MR) is 81.8 cm³/mol. The molecule has 0 aliphatic carbocycles. The largest absolute Gasteiger partial charge is 0.356 e. The first-order chi connectivity index (χ1) is 9.56. The van der Waals surface area contributed by atoms with Crippen LogP contribution >= 0.6 is 11.6 Å². The Morgan fingerprint density at radius 1 is 1.45 bits per heavy atom.